The lowest BCUT2D eigenvalue weighted by Gasteiger charge is -2.28. The second-order valence-corrected chi connectivity index (χ2v) is 7.09. The fourth-order valence-corrected chi connectivity index (χ4v) is 3.50. The van der Waals surface area contributed by atoms with E-state index in [2.05, 4.69) is 10.3 Å². The predicted octanol–water partition coefficient (Wildman–Crippen LogP) is 0.691. The van der Waals surface area contributed by atoms with Gasteiger partial charge in [0.25, 0.3) is 0 Å². The second-order valence-electron chi connectivity index (χ2n) is 6.23. The van der Waals surface area contributed by atoms with Crippen LogP contribution in [0.2, 0.25) is 0 Å². The molecule has 1 aromatic heterocycles. The van der Waals surface area contributed by atoms with Crippen LogP contribution in [0.5, 0.6) is 0 Å². The number of likely N-dealkylation sites (tertiary alicyclic amines) is 1. The topological polar surface area (TPSA) is 103 Å². The third-order valence-corrected chi connectivity index (χ3v) is 5.11. The maximum atomic E-state index is 13.3. The van der Waals surface area contributed by atoms with E-state index in [0.717, 1.165) is 0 Å². The number of aryl methyl sites for hydroxylation is 1. The minimum absolute atomic E-state index is 0.00563. The Labute approximate surface area is 151 Å². The van der Waals surface area contributed by atoms with Crippen LogP contribution in [0.4, 0.5) is 13.2 Å². The van der Waals surface area contributed by atoms with Crippen LogP contribution >= 0.6 is 11.3 Å². The summed E-state index contributed by atoms with van der Waals surface area (Å²) in [6.07, 6.45) is -6.38. The summed E-state index contributed by atoms with van der Waals surface area (Å²) in [5.41, 5.74) is -3.09. The van der Waals surface area contributed by atoms with E-state index in [4.69, 9.17) is 0 Å². The first-order valence-electron chi connectivity index (χ1n) is 7.97. The number of hydrogen-bond acceptors (Lipinski definition) is 6. The maximum Gasteiger partial charge on any atom is 0.424 e. The molecule has 26 heavy (non-hydrogen) atoms. The third-order valence-electron chi connectivity index (χ3n) is 4.00. The predicted molar refractivity (Wildman–Crippen MR) is 86.3 cm³/mol. The number of β-amino-alcohol motifs (C(OH)–C–C–N with tert-alkyl or cyclic N) is 1. The summed E-state index contributed by atoms with van der Waals surface area (Å²) >= 11 is 0.617. The SMILES string of the molecule is Cc1csc([C@](O)(CC(=O)NC[C@H](O)CN2CCCC2=O)C(F)(F)F)n1. The number of carbonyl (C=O) groups excluding carboxylic acids is 2. The fourth-order valence-electron chi connectivity index (χ4n) is 2.58. The molecule has 11 heteroatoms. The maximum absolute atomic E-state index is 13.3. The number of rotatable bonds is 7. The fraction of sp³-hybridized carbons (Fsp3) is 0.667. The zero-order chi connectivity index (χ0) is 19.5. The van der Waals surface area contributed by atoms with Crippen LogP contribution in [-0.2, 0) is 15.2 Å². The van der Waals surface area contributed by atoms with Crippen LogP contribution in [0.25, 0.3) is 0 Å². The number of halogens is 3. The molecule has 0 aromatic carbocycles. The average Bonchev–Trinajstić information content (AvgIpc) is 3.13. The Hall–Kier alpha value is -1.72. The number of nitrogens with zero attached hydrogens (tertiary/aromatic N) is 2. The number of hydrogen-bond donors (Lipinski definition) is 3. The molecule has 0 aliphatic carbocycles. The lowest BCUT2D eigenvalue weighted by Crippen LogP contribution is -2.47. The highest BCUT2D eigenvalue weighted by molar-refractivity contribution is 7.09. The Bertz CT molecular complexity index is 667. The molecule has 2 amide bonds. The molecule has 1 aromatic rings. The molecule has 0 bridgehead atoms. The van der Waals surface area contributed by atoms with Gasteiger partial charge in [-0.3, -0.25) is 9.59 Å². The van der Waals surface area contributed by atoms with Crippen molar-refractivity contribution in [3.8, 4) is 0 Å². The van der Waals surface area contributed by atoms with Crippen LogP contribution in [-0.4, -0.2) is 63.8 Å². The molecule has 1 aliphatic rings. The highest BCUT2D eigenvalue weighted by Crippen LogP contribution is 2.42. The molecule has 2 heterocycles. The molecular weight excluding hydrogens is 375 g/mol. The van der Waals surface area contributed by atoms with Gasteiger partial charge in [0.05, 0.1) is 12.5 Å². The number of nitrogens with one attached hydrogen (secondary N) is 1. The second kappa shape index (κ2) is 7.89. The molecule has 0 unspecified atom stereocenters. The van der Waals surface area contributed by atoms with Crippen molar-refractivity contribution >= 4 is 23.2 Å². The van der Waals surface area contributed by atoms with Crippen molar-refractivity contribution in [2.24, 2.45) is 0 Å². The molecule has 0 spiro atoms. The van der Waals surface area contributed by atoms with Crippen LogP contribution in [0, 0.1) is 6.92 Å². The average molecular weight is 395 g/mol. The van der Waals surface area contributed by atoms with Crippen LogP contribution in [0.15, 0.2) is 5.38 Å². The Morgan fingerprint density at radius 1 is 1.50 bits per heavy atom. The smallest absolute Gasteiger partial charge is 0.389 e. The number of aliphatic hydroxyl groups excluding tert-OH is 1. The minimum atomic E-state index is -5.09. The van der Waals surface area contributed by atoms with Gasteiger partial charge in [-0.25, -0.2) is 4.98 Å². The normalized spacial score (nSPS) is 18.7. The van der Waals surface area contributed by atoms with E-state index in [1.54, 1.807) is 0 Å². The van der Waals surface area contributed by atoms with Crippen molar-refractivity contribution in [1.29, 1.82) is 0 Å². The van der Waals surface area contributed by atoms with E-state index >= 15 is 0 Å². The highest BCUT2D eigenvalue weighted by atomic mass is 32.1. The third kappa shape index (κ3) is 4.71. The van der Waals surface area contributed by atoms with Gasteiger partial charge in [0.1, 0.15) is 5.01 Å². The molecule has 0 radical (unpaired) electrons. The molecule has 1 aliphatic heterocycles. The van der Waals surface area contributed by atoms with Crippen molar-refractivity contribution in [2.75, 3.05) is 19.6 Å². The monoisotopic (exact) mass is 395 g/mol. The van der Waals surface area contributed by atoms with Gasteiger partial charge in [-0.05, 0) is 13.3 Å². The summed E-state index contributed by atoms with van der Waals surface area (Å²) in [6.45, 7) is 1.65. The molecule has 7 nitrogen and oxygen atoms in total. The number of aliphatic hydroxyl groups is 2. The van der Waals surface area contributed by atoms with Crippen molar-refractivity contribution in [2.45, 2.75) is 44.1 Å². The molecule has 3 N–H and O–H groups in total. The van der Waals surface area contributed by atoms with Gasteiger partial charge in [-0.15, -0.1) is 11.3 Å². The van der Waals surface area contributed by atoms with Gasteiger partial charge in [-0.2, -0.15) is 13.2 Å². The molecule has 0 saturated carbocycles. The van der Waals surface area contributed by atoms with Gasteiger partial charge in [-0.1, -0.05) is 0 Å². The van der Waals surface area contributed by atoms with Crippen LogP contribution in [0.3, 0.4) is 0 Å². The van der Waals surface area contributed by atoms with E-state index in [9.17, 15) is 33.0 Å². The van der Waals surface area contributed by atoms with Gasteiger partial charge in [0.15, 0.2) is 0 Å². The molecule has 146 valence electrons. The van der Waals surface area contributed by atoms with Crippen molar-refractivity contribution in [3.05, 3.63) is 16.1 Å². The van der Waals surface area contributed by atoms with Gasteiger partial charge in [0.2, 0.25) is 17.4 Å². The van der Waals surface area contributed by atoms with Crippen LogP contribution in [0.1, 0.15) is 30.0 Å². The lowest BCUT2D eigenvalue weighted by atomic mass is 9.99. The standard InChI is InChI=1S/C15H20F3N3O4S/c1-9-8-26-13(20-9)14(25,15(16,17)18)5-11(23)19-6-10(22)7-21-4-2-3-12(21)24/h8,10,22,25H,2-7H2,1H3,(H,19,23)/t10-,14+/m0/s1. The Morgan fingerprint density at radius 2 is 2.19 bits per heavy atom. The Morgan fingerprint density at radius 3 is 2.69 bits per heavy atom. The Kier molecular flexibility index (Phi) is 6.25. The summed E-state index contributed by atoms with van der Waals surface area (Å²) in [6, 6.07) is 0. The van der Waals surface area contributed by atoms with E-state index in [-0.39, 0.29) is 19.0 Å². The summed E-state index contributed by atoms with van der Waals surface area (Å²) in [5.74, 6) is -1.19. The first-order chi connectivity index (χ1) is 12.0. The number of alkyl halides is 3. The number of aromatic nitrogens is 1. The van der Waals surface area contributed by atoms with E-state index < -0.39 is 35.2 Å². The van der Waals surface area contributed by atoms with Crippen LogP contribution < -0.4 is 5.32 Å². The largest absolute Gasteiger partial charge is 0.424 e. The molecule has 1 fully saturated rings. The van der Waals surface area contributed by atoms with Crippen molar-refractivity contribution in [1.82, 2.24) is 15.2 Å². The molecular formula is C15H20F3N3O4S. The summed E-state index contributed by atoms with van der Waals surface area (Å²) in [5, 5.41) is 22.8. The molecule has 1 saturated heterocycles. The first kappa shape index (κ1) is 20.6. The van der Waals surface area contributed by atoms with E-state index in [1.165, 1.54) is 17.2 Å². The summed E-state index contributed by atoms with van der Waals surface area (Å²) in [4.78, 5) is 28.5. The van der Waals surface area contributed by atoms with Gasteiger partial charge < -0.3 is 20.4 Å². The summed E-state index contributed by atoms with van der Waals surface area (Å²) < 4.78 is 39.9. The molecule has 2 rings (SSSR count). The van der Waals surface area contributed by atoms with Crippen molar-refractivity contribution in [3.63, 3.8) is 0 Å². The summed E-state index contributed by atoms with van der Waals surface area (Å²) in [7, 11) is 0. The quantitative estimate of drug-likeness (QED) is 0.631. The minimum Gasteiger partial charge on any atom is -0.389 e. The molecule has 2 atom stereocenters. The van der Waals surface area contributed by atoms with Crippen molar-refractivity contribution < 1.29 is 33.0 Å². The zero-order valence-corrected chi connectivity index (χ0v) is 14.9. The number of amides is 2. The zero-order valence-electron chi connectivity index (χ0n) is 14.0. The highest BCUT2D eigenvalue weighted by Gasteiger charge is 2.58. The number of thiazole rings is 1. The van der Waals surface area contributed by atoms with Gasteiger partial charge >= 0.3 is 6.18 Å². The van der Waals surface area contributed by atoms with Gasteiger partial charge in [0, 0.05) is 37.1 Å². The lowest BCUT2D eigenvalue weighted by molar-refractivity contribution is -0.267. The number of carbonyl (C=O) groups is 2. The van der Waals surface area contributed by atoms with E-state index in [0.29, 0.717) is 36.4 Å². The first-order valence-corrected chi connectivity index (χ1v) is 8.85. The van der Waals surface area contributed by atoms with E-state index in [1.807, 2.05) is 0 Å². The Balaban J connectivity index is 1.94.